The molecule has 0 saturated carbocycles. The van der Waals surface area contributed by atoms with E-state index in [0.717, 1.165) is 11.4 Å². The van der Waals surface area contributed by atoms with Crippen molar-refractivity contribution in [2.24, 2.45) is 0 Å². The summed E-state index contributed by atoms with van der Waals surface area (Å²) in [4.78, 5) is 15.0. The molecule has 3 rings (SSSR count). The van der Waals surface area contributed by atoms with Crippen molar-refractivity contribution >= 4 is 17.2 Å². The maximum Gasteiger partial charge on any atom is 0.254 e. The summed E-state index contributed by atoms with van der Waals surface area (Å²) in [5.74, 6) is -0.378. The first-order valence-corrected chi connectivity index (χ1v) is 10.1. The summed E-state index contributed by atoms with van der Waals surface area (Å²) in [6.07, 6.45) is 1.59. The topological polar surface area (TPSA) is 50.2 Å². The van der Waals surface area contributed by atoms with Gasteiger partial charge in [-0.25, -0.2) is 9.07 Å². The number of nitrogens with zero attached hydrogens (tertiary/aromatic N) is 3. The van der Waals surface area contributed by atoms with Crippen LogP contribution in [-0.4, -0.2) is 41.2 Å². The Labute approximate surface area is 168 Å². The first-order valence-electron chi connectivity index (χ1n) is 9.19. The summed E-state index contributed by atoms with van der Waals surface area (Å²) >= 11 is 1.64. The molecule has 1 unspecified atom stereocenters. The van der Waals surface area contributed by atoms with Crippen LogP contribution < -0.4 is 5.32 Å². The Morgan fingerprint density at radius 3 is 2.54 bits per heavy atom. The molecule has 2 heterocycles. The first kappa shape index (κ1) is 20.2. The average Bonchev–Trinajstić information content (AvgIpc) is 3.32. The summed E-state index contributed by atoms with van der Waals surface area (Å²) < 4.78 is 15.0. The maximum absolute atomic E-state index is 13.3. The van der Waals surface area contributed by atoms with Gasteiger partial charge in [0, 0.05) is 6.54 Å². The lowest BCUT2D eigenvalue weighted by Crippen LogP contribution is -2.34. The number of hydrogen-bond donors (Lipinski definition) is 1. The standard InChI is InChI=1S/C21H25FN4OS/c1-14(2)20-18(11-24-26(20)17-7-5-16(22)6-8-17)21(27)23-12-19(25(3)4)15-9-10-28-13-15/h5-11,13-14,19H,12H2,1-4H3,(H,23,27). The van der Waals surface area contributed by atoms with Gasteiger partial charge in [-0.3, -0.25) is 4.79 Å². The lowest BCUT2D eigenvalue weighted by molar-refractivity contribution is 0.0940. The Morgan fingerprint density at radius 1 is 1.25 bits per heavy atom. The lowest BCUT2D eigenvalue weighted by Gasteiger charge is -2.24. The van der Waals surface area contributed by atoms with Crippen molar-refractivity contribution in [3.8, 4) is 5.69 Å². The Bertz CT molecular complexity index is 917. The fourth-order valence-electron chi connectivity index (χ4n) is 3.22. The molecule has 0 spiro atoms. The SMILES string of the molecule is CC(C)c1c(C(=O)NCC(c2ccsc2)N(C)C)cnn1-c1ccc(F)cc1. The van der Waals surface area contributed by atoms with Gasteiger partial charge in [0.05, 0.1) is 29.2 Å². The maximum atomic E-state index is 13.3. The number of aromatic nitrogens is 2. The van der Waals surface area contributed by atoms with E-state index >= 15 is 0 Å². The van der Waals surface area contributed by atoms with Crippen LogP contribution in [0.5, 0.6) is 0 Å². The predicted octanol–water partition coefficient (Wildman–Crippen LogP) is 4.23. The second kappa shape index (κ2) is 8.67. The number of carbonyl (C=O) groups excluding carboxylic acids is 1. The minimum absolute atomic E-state index is 0.0785. The van der Waals surface area contributed by atoms with E-state index in [1.54, 1.807) is 34.3 Å². The monoisotopic (exact) mass is 400 g/mol. The van der Waals surface area contributed by atoms with Crippen LogP contribution in [0.25, 0.3) is 5.69 Å². The number of amides is 1. The van der Waals surface area contributed by atoms with Gasteiger partial charge in [0.2, 0.25) is 0 Å². The molecule has 5 nitrogen and oxygen atoms in total. The lowest BCUT2D eigenvalue weighted by atomic mass is 10.0. The van der Waals surface area contributed by atoms with E-state index in [1.807, 2.05) is 33.3 Å². The summed E-state index contributed by atoms with van der Waals surface area (Å²) in [6.45, 7) is 4.53. The number of rotatable bonds is 7. The molecule has 0 bridgehead atoms. The summed E-state index contributed by atoms with van der Waals surface area (Å²) in [6, 6.07) is 8.29. The van der Waals surface area contributed by atoms with Crippen molar-refractivity contribution < 1.29 is 9.18 Å². The van der Waals surface area contributed by atoms with Crippen molar-refractivity contribution in [3.63, 3.8) is 0 Å². The normalized spacial score (nSPS) is 12.5. The number of hydrogen-bond acceptors (Lipinski definition) is 4. The highest BCUT2D eigenvalue weighted by molar-refractivity contribution is 7.07. The van der Waals surface area contributed by atoms with Crippen molar-refractivity contribution in [1.82, 2.24) is 20.0 Å². The van der Waals surface area contributed by atoms with Gasteiger partial charge in [0.25, 0.3) is 5.91 Å². The minimum Gasteiger partial charge on any atom is -0.350 e. The fourth-order valence-corrected chi connectivity index (χ4v) is 3.93. The zero-order valence-electron chi connectivity index (χ0n) is 16.5. The molecule has 3 aromatic rings. The van der Waals surface area contributed by atoms with Crippen LogP contribution in [0.3, 0.4) is 0 Å². The molecule has 0 saturated heterocycles. The number of carbonyl (C=O) groups is 1. The van der Waals surface area contributed by atoms with Crippen LogP contribution in [0, 0.1) is 5.82 Å². The minimum atomic E-state index is -0.303. The smallest absolute Gasteiger partial charge is 0.254 e. The molecule has 0 fully saturated rings. The molecular formula is C21H25FN4OS. The largest absolute Gasteiger partial charge is 0.350 e. The van der Waals surface area contributed by atoms with Gasteiger partial charge >= 0.3 is 0 Å². The molecule has 0 aliphatic carbocycles. The molecule has 0 radical (unpaired) electrons. The molecule has 1 N–H and O–H groups in total. The van der Waals surface area contributed by atoms with E-state index in [0.29, 0.717) is 12.1 Å². The molecule has 2 aromatic heterocycles. The number of halogens is 1. The Balaban J connectivity index is 1.82. The van der Waals surface area contributed by atoms with Gasteiger partial charge in [-0.05, 0) is 66.7 Å². The average molecular weight is 401 g/mol. The van der Waals surface area contributed by atoms with Gasteiger partial charge < -0.3 is 10.2 Å². The van der Waals surface area contributed by atoms with E-state index in [4.69, 9.17) is 0 Å². The summed E-state index contributed by atoms with van der Waals surface area (Å²) in [5, 5.41) is 11.6. The number of likely N-dealkylation sites (N-methyl/N-ethyl adjacent to an activating group) is 1. The van der Waals surface area contributed by atoms with Crippen LogP contribution >= 0.6 is 11.3 Å². The molecule has 0 aliphatic heterocycles. The van der Waals surface area contributed by atoms with Gasteiger partial charge in [0.1, 0.15) is 5.82 Å². The van der Waals surface area contributed by atoms with Crippen molar-refractivity contribution in [2.45, 2.75) is 25.8 Å². The molecule has 1 amide bonds. The summed E-state index contributed by atoms with van der Waals surface area (Å²) in [7, 11) is 4.00. The third kappa shape index (κ3) is 4.31. The van der Waals surface area contributed by atoms with Gasteiger partial charge in [-0.1, -0.05) is 13.8 Å². The van der Waals surface area contributed by atoms with E-state index in [9.17, 15) is 9.18 Å². The zero-order valence-corrected chi connectivity index (χ0v) is 17.3. The van der Waals surface area contributed by atoms with Crippen LogP contribution in [0.4, 0.5) is 4.39 Å². The van der Waals surface area contributed by atoms with Crippen molar-refractivity contribution in [3.05, 3.63) is 69.9 Å². The van der Waals surface area contributed by atoms with E-state index in [2.05, 4.69) is 26.8 Å². The Morgan fingerprint density at radius 2 is 1.96 bits per heavy atom. The Kier molecular flexibility index (Phi) is 6.26. The van der Waals surface area contributed by atoms with E-state index < -0.39 is 0 Å². The van der Waals surface area contributed by atoms with Gasteiger partial charge in [-0.15, -0.1) is 0 Å². The molecule has 1 atom stereocenters. The number of thiophene rings is 1. The van der Waals surface area contributed by atoms with Crippen LogP contribution in [-0.2, 0) is 0 Å². The molecule has 1 aromatic carbocycles. The van der Waals surface area contributed by atoms with Crippen molar-refractivity contribution in [1.29, 1.82) is 0 Å². The number of benzene rings is 1. The predicted molar refractivity (Wildman–Crippen MR) is 111 cm³/mol. The second-order valence-electron chi connectivity index (χ2n) is 7.23. The van der Waals surface area contributed by atoms with Crippen LogP contribution in [0.1, 0.15) is 47.4 Å². The summed E-state index contributed by atoms with van der Waals surface area (Å²) in [5.41, 5.74) is 3.26. The van der Waals surface area contributed by atoms with Crippen LogP contribution in [0.2, 0.25) is 0 Å². The quantitative estimate of drug-likeness (QED) is 0.646. The third-order valence-electron chi connectivity index (χ3n) is 4.68. The molecule has 7 heteroatoms. The van der Waals surface area contributed by atoms with Crippen molar-refractivity contribution in [2.75, 3.05) is 20.6 Å². The van der Waals surface area contributed by atoms with Gasteiger partial charge in [0.15, 0.2) is 0 Å². The third-order valence-corrected chi connectivity index (χ3v) is 5.38. The first-order chi connectivity index (χ1) is 13.4. The molecule has 0 aliphatic rings. The van der Waals surface area contributed by atoms with E-state index in [1.165, 1.54) is 17.7 Å². The van der Waals surface area contributed by atoms with Crippen LogP contribution in [0.15, 0.2) is 47.3 Å². The second-order valence-corrected chi connectivity index (χ2v) is 8.01. The van der Waals surface area contributed by atoms with Gasteiger partial charge in [-0.2, -0.15) is 16.4 Å². The number of nitrogens with one attached hydrogen (secondary N) is 1. The zero-order chi connectivity index (χ0) is 20.3. The van der Waals surface area contributed by atoms with E-state index in [-0.39, 0.29) is 23.7 Å². The molecule has 28 heavy (non-hydrogen) atoms. The molecular weight excluding hydrogens is 375 g/mol. The molecule has 148 valence electrons. The highest BCUT2D eigenvalue weighted by Gasteiger charge is 2.22. The highest BCUT2D eigenvalue weighted by atomic mass is 32.1. The highest BCUT2D eigenvalue weighted by Crippen LogP contribution is 2.24. The Hall–Kier alpha value is -2.51. The fraction of sp³-hybridized carbons (Fsp3) is 0.333.